The molecule has 1 heterocycles. The fraction of sp³-hybridized carbons (Fsp3) is 0.407. The number of carbonyl (C=O) groups excluding carboxylic acids is 1. The lowest BCUT2D eigenvalue weighted by Gasteiger charge is -2.18. The van der Waals surface area contributed by atoms with E-state index in [9.17, 15) is 4.79 Å². The van der Waals surface area contributed by atoms with Gasteiger partial charge in [0.2, 0.25) is 0 Å². The van der Waals surface area contributed by atoms with Gasteiger partial charge in [-0.2, -0.15) is 5.10 Å². The van der Waals surface area contributed by atoms with Crippen LogP contribution < -0.4 is 0 Å². The van der Waals surface area contributed by atoms with Crippen LogP contribution in [0.4, 0.5) is 0 Å². The Kier molecular flexibility index (Phi) is 10.7. The summed E-state index contributed by atoms with van der Waals surface area (Å²) < 4.78 is 2.87. The number of benzene rings is 1. The van der Waals surface area contributed by atoms with Crippen molar-refractivity contribution in [3.05, 3.63) is 73.5 Å². The van der Waals surface area contributed by atoms with Crippen LogP contribution in [-0.2, 0) is 0 Å². The number of nitrogens with zero attached hydrogens (tertiary/aromatic N) is 2. The summed E-state index contributed by atoms with van der Waals surface area (Å²) in [4.78, 5) is 12.4. The quantitative estimate of drug-likeness (QED) is 0.217. The van der Waals surface area contributed by atoms with Gasteiger partial charge in [-0.25, -0.2) is 4.68 Å². The minimum Gasteiger partial charge on any atom is -0.293 e. The van der Waals surface area contributed by atoms with Gasteiger partial charge in [0, 0.05) is 22.0 Å². The van der Waals surface area contributed by atoms with E-state index in [2.05, 4.69) is 48.9 Å². The molecule has 0 aliphatic carbocycles. The highest BCUT2D eigenvalue weighted by molar-refractivity contribution is 9.11. The number of allylic oxidation sites excluding steroid dienone is 6. The SMILES string of the molecule is C\C=C/C(Br)=C(/C=C(\CCCC)c1c(C)c(C(C)=O)nn1-c1ccc(Cl)cc1Cl)C(C)CC. The van der Waals surface area contributed by atoms with Crippen molar-refractivity contribution in [1.29, 1.82) is 0 Å². The number of rotatable bonds is 10. The maximum Gasteiger partial charge on any atom is 0.180 e. The predicted octanol–water partition coefficient (Wildman–Crippen LogP) is 9.53. The second-order valence-corrected chi connectivity index (χ2v) is 9.97. The molecule has 0 fully saturated rings. The fourth-order valence-electron chi connectivity index (χ4n) is 3.76. The van der Waals surface area contributed by atoms with Crippen molar-refractivity contribution >= 4 is 50.5 Å². The third kappa shape index (κ3) is 6.71. The predicted molar refractivity (Wildman–Crippen MR) is 146 cm³/mol. The second-order valence-electron chi connectivity index (χ2n) is 8.27. The van der Waals surface area contributed by atoms with E-state index in [0.717, 1.165) is 47.0 Å². The van der Waals surface area contributed by atoms with Gasteiger partial charge in [-0.1, -0.05) is 84.6 Å². The van der Waals surface area contributed by atoms with E-state index in [-0.39, 0.29) is 5.78 Å². The third-order valence-electron chi connectivity index (χ3n) is 5.76. The van der Waals surface area contributed by atoms with Gasteiger partial charge >= 0.3 is 0 Å². The summed E-state index contributed by atoms with van der Waals surface area (Å²) in [6, 6.07) is 5.35. The number of aromatic nitrogens is 2. The first-order valence-corrected chi connectivity index (χ1v) is 13.0. The highest BCUT2D eigenvalue weighted by Gasteiger charge is 2.23. The first-order chi connectivity index (χ1) is 15.7. The molecule has 2 aromatic rings. The molecule has 0 saturated carbocycles. The average molecular weight is 552 g/mol. The third-order valence-corrected chi connectivity index (χ3v) is 7.02. The Labute approximate surface area is 216 Å². The Balaban J connectivity index is 2.90. The van der Waals surface area contributed by atoms with E-state index in [1.165, 1.54) is 5.57 Å². The zero-order chi connectivity index (χ0) is 24.7. The zero-order valence-corrected chi connectivity index (χ0v) is 23.4. The van der Waals surface area contributed by atoms with Crippen LogP contribution in [-0.4, -0.2) is 15.6 Å². The molecule has 0 amide bonds. The van der Waals surface area contributed by atoms with Gasteiger partial charge in [0.15, 0.2) is 5.78 Å². The van der Waals surface area contributed by atoms with E-state index in [4.69, 9.17) is 28.3 Å². The van der Waals surface area contributed by atoms with Crippen molar-refractivity contribution in [3.8, 4) is 5.69 Å². The molecule has 1 aromatic carbocycles. The molecule has 0 bridgehead atoms. The van der Waals surface area contributed by atoms with E-state index in [1.54, 1.807) is 19.1 Å². The summed E-state index contributed by atoms with van der Waals surface area (Å²) in [5.74, 6) is 0.287. The van der Waals surface area contributed by atoms with Gasteiger partial charge in [0.05, 0.1) is 16.4 Å². The zero-order valence-electron chi connectivity index (χ0n) is 20.3. The van der Waals surface area contributed by atoms with Crippen molar-refractivity contribution in [1.82, 2.24) is 9.78 Å². The highest BCUT2D eigenvalue weighted by Crippen LogP contribution is 2.35. The Bertz CT molecular complexity index is 1100. The van der Waals surface area contributed by atoms with Gasteiger partial charge in [-0.3, -0.25) is 4.79 Å². The van der Waals surface area contributed by atoms with Crippen LogP contribution in [0.3, 0.4) is 0 Å². The van der Waals surface area contributed by atoms with Crippen LogP contribution in [0.2, 0.25) is 10.0 Å². The monoisotopic (exact) mass is 550 g/mol. The maximum absolute atomic E-state index is 12.4. The summed E-state index contributed by atoms with van der Waals surface area (Å²) >= 11 is 16.5. The number of carbonyl (C=O) groups is 1. The van der Waals surface area contributed by atoms with Crippen LogP contribution >= 0.6 is 39.1 Å². The normalized spacial score (nSPS) is 14.0. The topological polar surface area (TPSA) is 34.9 Å². The van der Waals surface area contributed by atoms with E-state index in [1.807, 2.05) is 30.7 Å². The molecule has 0 radical (unpaired) electrons. The van der Waals surface area contributed by atoms with E-state index in [0.29, 0.717) is 27.3 Å². The molecule has 3 nitrogen and oxygen atoms in total. The van der Waals surface area contributed by atoms with Gasteiger partial charge < -0.3 is 0 Å². The summed E-state index contributed by atoms with van der Waals surface area (Å²) in [5.41, 5.74) is 5.30. The molecule has 178 valence electrons. The smallest absolute Gasteiger partial charge is 0.180 e. The fourth-order valence-corrected chi connectivity index (χ4v) is 5.02. The Hall–Kier alpha value is -1.62. The summed E-state index contributed by atoms with van der Waals surface area (Å²) in [7, 11) is 0. The standard InChI is InChI=1S/C27H33BrCl2N2O/c1-7-10-12-20(15-22(17(4)9-3)23(28)11-8-2)27-18(5)26(19(6)33)31-32(27)25-14-13-21(29)16-24(25)30/h8,11,13-17H,7,9-10,12H2,1-6H3/b11-8-,20-15+,23-22+. The molecular weight excluding hydrogens is 519 g/mol. The van der Waals surface area contributed by atoms with Crippen LogP contribution in [0, 0.1) is 12.8 Å². The van der Waals surface area contributed by atoms with Gasteiger partial charge in [0.25, 0.3) is 0 Å². The molecule has 6 heteroatoms. The molecule has 2 rings (SSSR count). The van der Waals surface area contributed by atoms with E-state index >= 15 is 0 Å². The largest absolute Gasteiger partial charge is 0.293 e. The minimum atomic E-state index is -0.0692. The molecular formula is C27H33BrCl2N2O. The number of ketones is 1. The first-order valence-electron chi connectivity index (χ1n) is 11.4. The van der Waals surface area contributed by atoms with Gasteiger partial charge in [-0.05, 0) is 68.4 Å². The van der Waals surface area contributed by atoms with E-state index < -0.39 is 0 Å². The van der Waals surface area contributed by atoms with Crippen molar-refractivity contribution in [2.75, 3.05) is 0 Å². The summed E-state index contributed by atoms with van der Waals surface area (Å²) in [6.45, 7) is 12.1. The lowest BCUT2D eigenvalue weighted by molar-refractivity contribution is 0.101. The lowest BCUT2D eigenvalue weighted by Crippen LogP contribution is -2.06. The maximum atomic E-state index is 12.4. The van der Waals surface area contributed by atoms with Crippen LogP contribution in [0.1, 0.15) is 82.0 Å². The number of unbranched alkanes of at least 4 members (excludes halogenated alkanes) is 1. The number of hydrogen-bond donors (Lipinski definition) is 0. The molecule has 1 aromatic heterocycles. The second kappa shape index (κ2) is 12.7. The molecule has 0 N–H and O–H groups in total. The molecule has 0 aliphatic heterocycles. The molecule has 1 atom stereocenters. The average Bonchev–Trinajstić information content (AvgIpc) is 3.10. The van der Waals surface area contributed by atoms with Crippen LogP contribution in [0.15, 0.2) is 46.5 Å². The van der Waals surface area contributed by atoms with Crippen LogP contribution in [0.25, 0.3) is 11.3 Å². The minimum absolute atomic E-state index is 0.0692. The molecule has 1 unspecified atom stereocenters. The van der Waals surface area contributed by atoms with Crippen LogP contribution in [0.5, 0.6) is 0 Å². The van der Waals surface area contributed by atoms with Crippen molar-refractivity contribution in [2.24, 2.45) is 5.92 Å². The van der Waals surface area contributed by atoms with Crippen molar-refractivity contribution < 1.29 is 4.79 Å². The first kappa shape index (κ1) is 27.6. The Morgan fingerprint density at radius 3 is 2.52 bits per heavy atom. The lowest BCUT2D eigenvalue weighted by atomic mass is 9.92. The van der Waals surface area contributed by atoms with Crippen molar-refractivity contribution in [2.45, 2.75) is 67.2 Å². The Morgan fingerprint density at radius 1 is 1.27 bits per heavy atom. The van der Waals surface area contributed by atoms with Crippen molar-refractivity contribution in [3.63, 3.8) is 0 Å². The number of halogens is 3. The highest BCUT2D eigenvalue weighted by atomic mass is 79.9. The van der Waals surface area contributed by atoms with Gasteiger partial charge in [0.1, 0.15) is 5.69 Å². The van der Waals surface area contributed by atoms with Gasteiger partial charge in [-0.15, -0.1) is 0 Å². The number of hydrogen-bond acceptors (Lipinski definition) is 2. The molecule has 0 aliphatic rings. The molecule has 0 saturated heterocycles. The Morgan fingerprint density at radius 2 is 1.97 bits per heavy atom. The molecule has 0 spiro atoms. The number of Topliss-reactive ketones (excluding diaryl/α,β-unsaturated/α-hetero) is 1. The summed E-state index contributed by atoms with van der Waals surface area (Å²) in [6.07, 6.45) is 10.3. The molecule has 33 heavy (non-hydrogen) atoms. The summed E-state index contributed by atoms with van der Waals surface area (Å²) in [5, 5.41) is 5.75.